The third-order valence-corrected chi connectivity index (χ3v) is 7.64. The van der Waals surface area contributed by atoms with Gasteiger partial charge in [0, 0.05) is 25.3 Å². The van der Waals surface area contributed by atoms with Crippen LogP contribution in [-0.2, 0) is 26.1 Å². The standard InChI is InChI=1S/C27H31N3O5S/c1-2-35-25-12-14-26(15-13-25)36(32,33)30(24-6-4-3-5-7-24)21-27(31)28-20-22-8-10-23(11-9-22)29-16-18-34-19-17-29/h3-15H,2,16-21H2,1H3,(H,28,31). The number of sulfonamides is 1. The quantitative estimate of drug-likeness (QED) is 0.451. The molecule has 36 heavy (non-hydrogen) atoms. The molecule has 1 aliphatic rings. The van der Waals surface area contributed by atoms with Crippen molar-refractivity contribution in [3.8, 4) is 5.75 Å². The molecule has 1 fully saturated rings. The summed E-state index contributed by atoms with van der Waals surface area (Å²) in [4.78, 5) is 15.2. The Morgan fingerprint density at radius 1 is 0.972 bits per heavy atom. The highest BCUT2D eigenvalue weighted by Crippen LogP contribution is 2.25. The minimum Gasteiger partial charge on any atom is -0.494 e. The van der Waals surface area contributed by atoms with Crippen molar-refractivity contribution >= 4 is 27.3 Å². The van der Waals surface area contributed by atoms with Crippen molar-refractivity contribution in [2.75, 3.05) is 48.7 Å². The highest BCUT2D eigenvalue weighted by molar-refractivity contribution is 7.92. The van der Waals surface area contributed by atoms with Crippen LogP contribution in [0.25, 0.3) is 0 Å². The summed E-state index contributed by atoms with van der Waals surface area (Å²) in [6, 6.07) is 22.8. The third kappa shape index (κ3) is 6.35. The molecule has 0 saturated carbocycles. The summed E-state index contributed by atoms with van der Waals surface area (Å²) in [5.74, 6) is 0.186. The lowest BCUT2D eigenvalue weighted by Crippen LogP contribution is -2.40. The molecule has 1 saturated heterocycles. The van der Waals surface area contributed by atoms with Gasteiger partial charge in [-0.1, -0.05) is 30.3 Å². The van der Waals surface area contributed by atoms with E-state index in [-0.39, 0.29) is 11.4 Å². The Hall–Kier alpha value is -3.56. The Morgan fingerprint density at radius 3 is 2.28 bits per heavy atom. The van der Waals surface area contributed by atoms with Gasteiger partial charge in [0.05, 0.1) is 30.4 Å². The van der Waals surface area contributed by atoms with E-state index in [4.69, 9.17) is 9.47 Å². The summed E-state index contributed by atoms with van der Waals surface area (Å²) < 4.78 is 38.9. The van der Waals surface area contributed by atoms with Crippen LogP contribution in [0.2, 0.25) is 0 Å². The fourth-order valence-corrected chi connectivity index (χ4v) is 5.37. The SMILES string of the molecule is CCOc1ccc(S(=O)(=O)N(CC(=O)NCc2ccc(N3CCOCC3)cc2)c2ccccc2)cc1. The number of anilines is 2. The molecule has 9 heteroatoms. The van der Waals surface area contributed by atoms with E-state index >= 15 is 0 Å². The van der Waals surface area contributed by atoms with Crippen LogP contribution in [0.4, 0.5) is 11.4 Å². The van der Waals surface area contributed by atoms with Crippen LogP contribution in [0.1, 0.15) is 12.5 Å². The second kappa shape index (κ2) is 11.9. The first-order valence-electron chi connectivity index (χ1n) is 12.0. The van der Waals surface area contributed by atoms with Crippen molar-refractivity contribution in [1.29, 1.82) is 0 Å². The first-order chi connectivity index (χ1) is 17.5. The van der Waals surface area contributed by atoms with Crippen LogP contribution < -0.4 is 19.3 Å². The second-order valence-corrected chi connectivity index (χ2v) is 10.2. The molecule has 0 aromatic heterocycles. The number of hydrogen-bond acceptors (Lipinski definition) is 6. The van der Waals surface area contributed by atoms with Gasteiger partial charge in [-0.25, -0.2) is 8.42 Å². The van der Waals surface area contributed by atoms with Crippen molar-refractivity contribution in [2.45, 2.75) is 18.4 Å². The van der Waals surface area contributed by atoms with Crippen LogP contribution in [0.15, 0.2) is 83.8 Å². The van der Waals surface area contributed by atoms with E-state index in [1.165, 1.54) is 12.1 Å². The van der Waals surface area contributed by atoms with Gasteiger partial charge < -0.3 is 19.7 Å². The number of ether oxygens (including phenoxy) is 2. The molecule has 3 aromatic carbocycles. The van der Waals surface area contributed by atoms with Crippen molar-refractivity contribution in [3.63, 3.8) is 0 Å². The molecule has 0 spiro atoms. The molecule has 190 valence electrons. The lowest BCUT2D eigenvalue weighted by Gasteiger charge is -2.29. The summed E-state index contributed by atoms with van der Waals surface area (Å²) in [5, 5.41) is 2.85. The van der Waals surface area contributed by atoms with Crippen molar-refractivity contribution in [2.24, 2.45) is 0 Å². The summed E-state index contributed by atoms with van der Waals surface area (Å²) in [6.45, 7) is 5.45. The van der Waals surface area contributed by atoms with Gasteiger partial charge >= 0.3 is 0 Å². The van der Waals surface area contributed by atoms with Crippen LogP contribution in [0, 0.1) is 0 Å². The van der Waals surface area contributed by atoms with E-state index in [0.717, 1.165) is 41.9 Å². The minimum absolute atomic E-state index is 0.0845. The molecular weight excluding hydrogens is 478 g/mol. The molecule has 3 aromatic rings. The predicted octanol–water partition coefficient (Wildman–Crippen LogP) is 3.43. The Kier molecular flexibility index (Phi) is 8.45. The van der Waals surface area contributed by atoms with Crippen molar-refractivity contribution in [1.82, 2.24) is 5.32 Å². The molecule has 0 atom stereocenters. The molecule has 4 rings (SSSR count). The molecule has 8 nitrogen and oxygen atoms in total. The maximum absolute atomic E-state index is 13.5. The molecule has 1 N–H and O–H groups in total. The first kappa shape index (κ1) is 25.5. The maximum atomic E-state index is 13.5. The van der Waals surface area contributed by atoms with Gasteiger partial charge in [-0.3, -0.25) is 9.10 Å². The zero-order chi connectivity index (χ0) is 25.4. The fourth-order valence-electron chi connectivity index (χ4n) is 3.94. The van der Waals surface area contributed by atoms with E-state index < -0.39 is 15.9 Å². The Morgan fingerprint density at radius 2 is 1.64 bits per heavy atom. The topological polar surface area (TPSA) is 88.2 Å². The van der Waals surface area contributed by atoms with E-state index in [9.17, 15) is 13.2 Å². The number of amides is 1. The Balaban J connectivity index is 1.44. The average molecular weight is 510 g/mol. The molecule has 0 aliphatic carbocycles. The number of morpholine rings is 1. The number of rotatable bonds is 10. The zero-order valence-electron chi connectivity index (χ0n) is 20.3. The second-order valence-electron chi connectivity index (χ2n) is 8.29. The predicted molar refractivity (Wildman–Crippen MR) is 140 cm³/mol. The van der Waals surface area contributed by atoms with Gasteiger partial charge in [-0.05, 0) is 61.0 Å². The average Bonchev–Trinajstić information content (AvgIpc) is 2.92. The number of nitrogens with one attached hydrogen (secondary N) is 1. The lowest BCUT2D eigenvalue weighted by molar-refractivity contribution is -0.119. The summed E-state index contributed by atoms with van der Waals surface area (Å²) in [7, 11) is -3.98. The van der Waals surface area contributed by atoms with Gasteiger partial charge in [-0.2, -0.15) is 0 Å². The minimum atomic E-state index is -3.98. The highest BCUT2D eigenvalue weighted by Gasteiger charge is 2.27. The highest BCUT2D eigenvalue weighted by atomic mass is 32.2. The van der Waals surface area contributed by atoms with Gasteiger partial charge in [-0.15, -0.1) is 0 Å². The fraction of sp³-hybridized carbons (Fsp3) is 0.296. The largest absolute Gasteiger partial charge is 0.494 e. The Bertz CT molecular complexity index is 1230. The monoisotopic (exact) mass is 509 g/mol. The molecule has 1 aliphatic heterocycles. The summed E-state index contributed by atoms with van der Waals surface area (Å²) >= 11 is 0. The van der Waals surface area contributed by atoms with Gasteiger partial charge in [0.1, 0.15) is 12.3 Å². The number of nitrogens with zero attached hydrogens (tertiary/aromatic N) is 2. The van der Waals surface area contributed by atoms with E-state index in [2.05, 4.69) is 10.2 Å². The number of hydrogen-bond donors (Lipinski definition) is 1. The molecule has 0 bridgehead atoms. The van der Waals surface area contributed by atoms with E-state index in [1.54, 1.807) is 42.5 Å². The van der Waals surface area contributed by atoms with E-state index in [0.29, 0.717) is 24.6 Å². The van der Waals surface area contributed by atoms with Crippen LogP contribution >= 0.6 is 0 Å². The number of para-hydroxylation sites is 1. The number of carbonyl (C=O) groups is 1. The Labute approximate surface area is 212 Å². The third-order valence-electron chi connectivity index (χ3n) is 5.86. The van der Waals surface area contributed by atoms with Gasteiger partial charge in [0.25, 0.3) is 10.0 Å². The van der Waals surface area contributed by atoms with Crippen LogP contribution in [-0.4, -0.2) is 53.8 Å². The summed E-state index contributed by atoms with van der Waals surface area (Å²) in [5.41, 5.74) is 2.46. The molecule has 0 unspecified atom stereocenters. The van der Waals surface area contributed by atoms with E-state index in [1.807, 2.05) is 31.2 Å². The smallest absolute Gasteiger partial charge is 0.264 e. The lowest BCUT2D eigenvalue weighted by atomic mass is 10.2. The van der Waals surface area contributed by atoms with Crippen LogP contribution in [0.3, 0.4) is 0 Å². The van der Waals surface area contributed by atoms with Crippen molar-refractivity contribution in [3.05, 3.63) is 84.4 Å². The molecular formula is C27H31N3O5S. The molecule has 0 radical (unpaired) electrons. The number of carbonyl (C=O) groups excluding carboxylic acids is 1. The normalized spacial score (nSPS) is 13.8. The summed E-state index contributed by atoms with van der Waals surface area (Å²) in [6.07, 6.45) is 0. The van der Waals surface area contributed by atoms with Gasteiger partial charge in [0.15, 0.2) is 0 Å². The van der Waals surface area contributed by atoms with Gasteiger partial charge in [0.2, 0.25) is 5.91 Å². The zero-order valence-corrected chi connectivity index (χ0v) is 21.1. The van der Waals surface area contributed by atoms with Crippen molar-refractivity contribution < 1.29 is 22.7 Å². The van der Waals surface area contributed by atoms with Crippen LogP contribution in [0.5, 0.6) is 5.75 Å². The maximum Gasteiger partial charge on any atom is 0.264 e. The first-order valence-corrected chi connectivity index (χ1v) is 13.4. The number of benzene rings is 3. The molecule has 1 amide bonds. The molecule has 1 heterocycles.